The van der Waals surface area contributed by atoms with E-state index in [2.05, 4.69) is 31.0 Å². The Hall–Kier alpha value is -2.97. The van der Waals surface area contributed by atoms with Crippen molar-refractivity contribution in [3.8, 4) is 0 Å². The van der Waals surface area contributed by atoms with E-state index in [-0.39, 0.29) is 0 Å². The molecule has 3 aromatic rings. The molecule has 0 unspecified atom stereocenters. The predicted octanol–water partition coefficient (Wildman–Crippen LogP) is 1.73. The van der Waals surface area contributed by atoms with Crippen molar-refractivity contribution >= 4 is 11.6 Å². The summed E-state index contributed by atoms with van der Waals surface area (Å²) in [4.78, 5) is 4.76. The highest BCUT2D eigenvalue weighted by atomic mass is 15.3. The molecule has 4 rings (SSSR count). The molecule has 2 N–H and O–H groups in total. The summed E-state index contributed by atoms with van der Waals surface area (Å²) in [5.74, 6) is 3.36. The molecule has 9 heteroatoms. The lowest BCUT2D eigenvalue weighted by atomic mass is 9.96. The Balaban J connectivity index is 1.48. The summed E-state index contributed by atoms with van der Waals surface area (Å²) in [6, 6.07) is 6.34. The number of nitrogens with zero attached hydrogens (tertiary/aromatic N) is 7. The topological polar surface area (TPSA) is 97.3 Å². The van der Waals surface area contributed by atoms with E-state index in [1.807, 2.05) is 47.3 Å². The minimum atomic E-state index is 0.455. The fraction of sp³-hybridized carbons (Fsp3) is 0.526. The lowest BCUT2D eigenvalue weighted by Crippen LogP contribution is -2.44. The van der Waals surface area contributed by atoms with Gasteiger partial charge in [-0.25, -0.2) is 4.99 Å². The fourth-order valence-electron chi connectivity index (χ4n) is 3.51. The average Bonchev–Trinajstić information content (AvgIpc) is 3.28. The highest BCUT2D eigenvalue weighted by Crippen LogP contribution is 2.17. The van der Waals surface area contributed by atoms with Gasteiger partial charge in [0.25, 0.3) is 0 Å². The molecule has 1 fully saturated rings. The highest BCUT2D eigenvalue weighted by molar-refractivity contribution is 5.80. The van der Waals surface area contributed by atoms with Crippen LogP contribution in [0.3, 0.4) is 0 Å². The maximum atomic E-state index is 4.76. The van der Waals surface area contributed by atoms with Gasteiger partial charge in [-0.05, 0) is 31.9 Å². The molecule has 1 aliphatic rings. The van der Waals surface area contributed by atoms with Crippen LogP contribution in [0.25, 0.3) is 5.65 Å². The third-order valence-electron chi connectivity index (χ3n) is 5.31. The minimum Gasteiger partial charge on any atom is -0.354 e. The largest absolute Gasteiger partial charge is 0.354 e. The first kappa shape index (κ1) is 18.4. The molecule has 0 bridgehead atoms. The van der Waals surface area contributed by atoms with E-state index in [0.717, 1.165) is 29.1 Å². The van der Waals surface area contributed by atoms with Gasteiger partial charge in [-0.3, -0.25) is 4.40 Å². The molecule has 3 aromatic heterocycles. The van der Waals surface area contributed by atoms with Gasteiger partial charge < -0.3 is 15.2 Å². The van der Waals surface area contributed by atoms with Crippen LogP contribution in [0.5, 0.6) is 0 Å². The molecule has 0 spiro atoms. The van der Waals surface area contributed by atoms with E-state index in [0.29, 0.717) is 19.1 Å². The van der Waals surface area contributed by atoms with Crippen LogP contribution in [0.1, 0.15) is 49.6 Å². The molecule has 0 amide bonds. The Morgan fingerprint density at radius 2 is 1.93 bits per heavy atom. The van der Waals surface area contributed by atoms with E-state index < -0.39 is 0 Å². The predicted molar refractivity (Wildman–Crippen MR) is 107 cm³/mol. The molecule has 0 atom stereocenters. The summed E-state index contributed by atoms with van der Waals surface area (Å²) in [6.07, 6.45) is 8.18. The van der Waals surface area contributed by atoms with Gasteiger partial charge in [0.2, 0.25) is 0 Å². The number of aliphatic imine (C=N–C) groups is 1. The van der Waals surface area contributed by atoms with E-state index in [1.54, 1.807) is 0 Å². The summed E-state index contributed by atoms with van der Waals surface area (Å²) in [5, 5.41) is 23.8. The lowest BCUT2D eigenvalue weighted by Gasteiger charge is -2.25. The molecule has 1 aliphatic carbocycles. The van der Waals surface area contributed by atoms with Crippen molar-refractivity contribution in [3.63, 3.8) is 0 Å². The Morgan fingerprint density at radius 3 is 2.71 bits per heavy atom. The second kappa shape index (κ2) is 8.37. The summed E-state index contributed by atoms with van der Waals surface area (Å²) in [6.45, 7) is 2.96. The molecule has 0 radical (unpaired) electrons. The molecule has 148 valence electrons. The van der Waals surface area contributed by atoms with Crippen molar-refractivity contribution in [2.45, 2.75) is 58.2 Å². The molecule has 28 heavy (non-hydrogen) atoms. The number of hydrogen-bond acceptors (Lipinski definition) is 5. The summed E-state index contributed by atoms with van der Waals surface area (Å²) >= 11 is 0. The zero-order valence-electron chi connectivity index (χ0n) is 16.5. The second-order valence-corrected chi connectivity index (χ2v) is 7.27. The van der Waals surface area contributed by atoms with Gasteiger partial charge in [0.1, 0.15) is 12.4 Å². The van der Waals surface area contributed by atoms with Gasteiger partial charge in [0, 0.05) is 19.3 Å². The number of nitrogens with one attached hydrogen (secondary N) is 2. The van der Waals surface area contributed by atoms with Crippen molar-refractivity contribution in [2.24, 2.45) is 12.0 Å². The lowest BCUT2D eigenvalue weighted by molar-refractivity contribution is 0.409. The van der Waals surface area contributed by atoms with Crippen molar-refractivity contribution < 1.29 is 0 Å². The number of pyridine rings is 1. The van der Waals surface area contributed by atoms with Crippen molar-refractivity contribution in [2.75, 3.05) is 0 Å². The molecule has 0 aromatic carbocycles. The Kier molecular flexibility index (Phi) is 5.50. The second-order valence-electron chi connectivity index (χ2n) is 7.27. The van der Waals surface area contributed by atoms with Crippen molar-refractivity contribution in [3.05, 3.63) is 41.9 Å². The Bertz CT molecular complexity index is 949. The van der Waals surface area contributed by atoms with Crippen LogP contribution in [-0.4, -0.2) is 41.4 Å². The Morgan fingerprint density at radius 1 is 1.11 bits per heavy atom. The highest BCUT2D eigenvalue weighted by Gasteiger charge is 2.15. The van der Waals surface area contributed by atoms with Crippen LogP contribution in [0.15, 0.2) is 29.4 Å². The average molecular weight is 381 g/mol. The summed E-state index contributed by atoms with van der Waals surface area (Å²) in [5.41, 5.74) is 0.840. The first-order valence-corrected chi connectivity index (χ1v) is 9.89. The number of rotatable bonds is 5. The van der Waals surface area contributed by atoms with Gasteiger partial charge in [-0.1, -0.05) is 25.3 Å². The molecule has 3 heterocycles. The number of hydrogen-bond donors (Lipinski definition) is 2. The molecular weight excluding hydrogens is 354 g/mol. The van der Waals surface area contributed by atoms with Crippen LogP contribution < -0.4 is 10.6 Å². The zero-order valence-corrected chi connectivity index (χ0v) is 16.5. The first-order chi connectivity index (χ1) is 13.7. The summed E-state index contributed by atoms with van der Waals surface area (Å²) in [7, 11) is 1.96. The van der Waals surface area contributed by atoms with E-state index in [1.165, 1.54) is 32.1 Å². The zero-order chi connectivity index (χ0) is 19.3. The molecule has 0 saturated heterocycles. The van der Waals surface area contributed by atoms with Gasteiger partial charge in [0.05, 0.1) is 6.54 Å². The molecule has 9 nitrogen and oxygen atoms in total. The van der Waals surface area contributed by atoms with Crippen molar-refractivity contribution in [1.29, 1.82) is 0 Å². The first-order valence-electron chi connectivity index (χ1n) is 9.89. The van der Waals surface area contributed by atoms with E-state index in [9.17, 15) is 0 Å². The smallest absolute Gasteiger partial charge is 0.192 e. The van der Waals surface area contributed by atoms with Gasteiger partial charge in [0.15, 0.2) is 23.3 Å². The van der Waals surface area contributed by atoms with Crippen LogP contribution in [-0.2, 0) is 20.1 Å². The van der Waals surface area contributed by atoms with Crippen molar-refractivity contribution in [1.82, 2.24) is 40.0 Å². The van der Waals surface area contributed by atoms with Crippen LogP contribution >= 0.6 is 0 Å². The van der Waals surface area contributed by atoms with Gasteiger partial charge >= 0.3 is 0 Å². The molecule has 0 aliphatic heterocycles. The maximum absolute atomic E-state index is 4.76. The standard InChI is InChI=1S/C19H27N9/c1-14-23-25-17(27(14)2)12-20-19(22-15-8-4-3-5-9-15)21-13-18-26-24-16-10-6-7-11-28(16)18/h6-7,10-11,15H,3-5,8-9,12-13H2,1-2H3,(H2,20,21,22). The monoisotopic (exact) mass is 381 g/mol. The minimum absolute atomic E-state index is 0.455. The summed E-state index contributed by atoms with van der Waals surface area (Å²) < 4.78 is 3.95. The van der Waals surface area contributed by atoms with Gasteiger partial charge in [-0.15, -0.1) is 20.4 Å². The SMILES string of the molecule is Cc1nnc(CN=C(NCc2nnc3ccccn23)NC2CCCCC2)n1C. The number of aryl methyl sites for hydroxylation is 1. The van der Waals surface area contributed by atoms with E-state index in [4.69, 9.17) is 4.99 Å². The quantitative estimate of drug-likeness (QED) is 0.516. The van der Waals surface area contributed by atoms with Crippen LogP contribution in [0.2, 0.25) is 0 Å². The Labute approximate surface area is 164 Å². The third-order valence-corrected chi connectivity index (χ3v) is 5.31. The molecule has 1 saturated carbocycles. The number of fused-ring (bicyclic) bond motifs is 1. The normalized spacial score (nSPS) is 15.9. The van der Waals surface area contributed by atoms with Gasteiger partial charge in [-0.2, -0.15) is 0 Å². The maximum Gasteiger partial charge on any atom is 0.192 e. The molecular formula is C19H27N9. The van der Waals surface area contributed by atoms with Crippen LogP contribution in [0, 0.1) is 6.92 Å². The number of guanidine groups is 1. The third kappa shape index (κ3) is 4.13. The van der Waals surface area contributed by atoms with E-state index >= 15 is 0 Å². The van der Waals surface area contributed by atoms with Crippen LogP contribution in [0.4, 0.5) is 0 Å². The fourth-order valence-corrected chi connectivity index (χ4v) is 3.51. The number of aromatic nitrogens is 6.